The maximum atomic E-state index is 12.5. The highest BCUT2D eigenvalue weighted by molar-refractivity contribution is 6.07. The Bertz CT molecular complexity index is 627. The third kappa shape index (κ3) is 3.19. The SMILES string of the molecule is CCCNC(=O)CN1C(=O)C(C)Nc2cc3c(cc21)CCCC3. The molecule has 0 fully saturated rings. The Kier molecular flexibility index (Phi) is 4.55. The van der Waals surface area contributed by atoms with Gasteiger partial charge in [0.15, 0.2) is 0 Å². The molecule has 23 heavy (non-hydrogen) atoms. The summed E-state index contributed by atoms with van der Waals surface area (Å²) in [6.45, 7) is 4.60. The molecule has 1 unspecified atom stereocenters. The van der Waals surface area contributed by atoms with Gasteiger partial charge in [0.2, 0.25) is 11.8 Å². The van der Waals surface area contributed by atoms with Crippen molar-refractivity contribution in [3.05, 3.63) is 23.3 Å². The average Bonchev–Trinajstić information content (AvgIpc) is 2.55. The summed E-state index contributed by atoms with van der Waals surface area (Å²) >= 11 is 0. The van der Waals surface area contributed by atoms with Crippen LogP contribution in [0.3, 0.4) is 0 Å². The predicted octanol–water partition coefficient (Wildman–Crippen LogP) is 2.24. The molecule has 2 aliphatic rings. The van der Waals surface area contributed by atoms with Gasteiger partial charge in [-0.2, -0.15) is 0 Å². The first kappa shape index (κ1) is 15.8. The molecule has 5 nitrogen and oxygen atoms in total. The summed E-state index contributed by atoms with van der Waals surface area (Å²) in [6.07, 6.45) is 5.47. The van der Waals surface area contributed by atoms with Crippen LogP contribution in [0.25, 0.3) is 0 Å². The third-order valence-electron chi connectivity index (χ3n) is 4.63. The quantitative estimate of drug-likeness (QED) is 0.896. The van der Waals surface area contributed by atoms with Crippen molar-refractivity contribution in [2.75, 3.05) is 23.3 Å². The summed E-state index contributed by atoms with van der Waals surface area (Å²) in [7, 11) is 0. The summed E-state index contributed by atoms with van der Waals surface area (Å²) in [6, 6.07) is 3.97. The topological polar surface area (TPSA) is 61.4 Å². The molecule has 1 heterocycles. The van der Waals surface area contributed by atoms with E-state index in [1.807, 2.05) is 13.8 Å². The van der Waals surface area contributed by atoms with Crippen LogP contribution in [0.5, 0.6) is 0 Å². The Labute approximate surface area is 137 Å². The smallest absolute Gasteiger partial charge is 0.249 e. The molecule has 0 aromatic heterocycles. The Hall–Kier alpha value is -2.04. The van der Waals surface area contributed by atoms with Crippen LogP contribution in [-0.4, -0.2) is 30.9 Å². The number of anilines is 2. The molecular formula is C18H25N3O2. The third-order valence-corrected chi connectivity index (χ3v) is 4.63. The molecule has 0 bridgehead atoms. The van der Waals surface area contributed by atoms with Crippen LogP contribution < -0.4 is 15.5 Å². The van der Waals surface area contributed by atoms with Crippen LogP contribution in [0.4, 0.5) is 11.4 Å². The van der Waals surface area contributed by atoms with Crippen molar-refractivity contribution in [3.8, 4) is 0 Å². The molecule has 0 saturated carbocycles. The number of fused-ring (bicyclic) bond motifs is 2. The summed E-state index contributed by atoms with van der Waals surface area (Å²) in [4.78, 5) is 26.3. The minimum Gasteiger partial charge on any atom is -0.372 e. The van der Waals surface area contributed by atoms with Gasteiger partial charge in [-0.25, -0.2) is 0 Å². The number of carbonyl (C=O) groups is 2. The fourth-order valence-corrected chi connectivity index (χ4v) is 3.39. The summed E-state index contributed by atoms with van der Waals surface area (Å²) in [5, 5.41) is 6.14. The van der Waals surface area contributed by atoms with Gasteiger partial charge in [-0.15, -0.1) is 0 Å². The number of hydrogen-bond acceptors (Lipinski definition) is 3. The zero-order valence-corrected chi connectivity index (χ0v) is 13.9. The molecule has 1 aromatic carbocycles. The van der Waals surface area contributed by atoms with Crippen molar-refractivity contribution < 1.29 is 9.59 Å². The molecule has 3 rings (SSSR count). The van der Waals surface area contributed by atoms with E-state index in [1.54, 1.807) is 4.90 Å². The monoisotopic (exact) mass is 315 g/mol. The molecule has 1 aromatic rings. The van der Waals surface area contributed by atoms with Crippen LogP contribution in [0.2, 0.25) is 0 Å². The van der Waals surface area contributed by atoms with Gasteiger partial charge in [0.25, 0.3) is 0 Å². The molecule has 2 amide bonds. The number of carbonyl (C=O) groups excluding carboxylic acids is 2. The van der Waals surface area contributed by atoms with E-state index in [4.69, 9.17) is 0 Å². The number of nitrogens with one attached hydrogen (secondary N) is 2. The predicted molar refractivity (Wildman–Crippen MR) is 91.8 cm³/mol. The van der Waals surface area contributed by atoms with Gasteiger partial charge in [0.1, 0.15) is 12.6 Å². The fraction of sp³-hybridized carbons (Fsp3) is 0.556. The normalized spacial score (nSPS) is 19.7. The Morgan fingerprint density at radius 1 is 1.30 bits per heavy atom. The average molecular weight is 315 g/mol. The van der Waals surface area contributed by atoms with E-state index in [9.17, 15) is 9.59 Å². The number of amides is 2. The van der Waals surface area contributed by atoms with E-state index in [0.717, 1.165) is 30.6 Å². The molecule has 2 N–H and O–H groups in total. The van der Waals surface area contributed by atoms with Gasteiger partial charge in [0.05, 0.1) is 11.4 Å². The highest BCUT2D eigenvalue weighted by Gasteiger charge is 2.32. The fourth-order valence-electron chi connectivity index (χ4n) is 3.39. The standard InChI is InChI=1S/C18H25N3O2/c1-3-8-19-17(22)11-21-16-10-14-7-5-4-6-13(14)9-15(16)20-12(2)18(21)23/h9-10,12,20H,3-8,11H2,1-2H3,(H,19,22). The number of aryl methyl sites for hydroxylation is 2. The Morgan fingerprint density at radius 2 is 2.00 bits per heavy atom. The second-order valence-electron chi connectivity index (χ2n) is 6.49. The lowest BCUT2D eigenvalue weighted by Gasteiger charge is -2.35. The van der Waals surface area contributed by atoms with E-state index < -0.39 is 0 Å². The molecule has 0 saturated heterocycles. The number of rotatable bonds is 4. The van der Waals surface area contributed by atoms with Crippen LogP contribution in [0.15, 0.2) is 12.1 Å². The van der Waals surface area contributed by atoms with Gasteiger partial charge in [-0.05, 0) is 62.3 Å². The van der Waals surface area contributed by atoms with Crippen molar-refractivity contribution in [2.45, 2.75) is 52.0 Å². The lowest BCUT2D eigenvalue weighted by molar-refractivity contribution is -0.124. The molecule has 1 aliphatic heterocycles. The van der Waals surface area contributed by atoms with Crippen molar-refractivity contribution in [1.82, 2.24) is 5.32 Å². The van der Waals surface area contributed by atoms with Gasteiger partial charge < -0.3 is 10.6 Å². The summed E-state index contributed by atoms with van der Waals surface area (Å²) in [5.41, 5.74) is 4.51. The number of hydrogen-bond donors (Lipinski definition) is 2. The van der Waals surface area contributed by atoms with Gasteiger partial charge in [-0.3, -0.25) is 14.5 Å². The first-order chi connectivity index (χ1) is 11.1. The van der Waals surface area contributed by atoms with Gasteiger partial charge in [0, 0.05) is 6.54 Å². The second kappa shape index (κ2) is 6.60. The molecule has 0 radical (unpaired) electrons. The van der Waals surface area contributed by atoms with E-state index in [2.05, 4.69) is 22.8 Å². The molecule has 1 aliphatic carbocycles. The Balaban J connectivity index is 1.90. The minimum atomic E-state index is -0.303. The van der Waals surface area contributed by atoms with E-state index in [-0.39, 0.29) is 24.4 Å². The van der Waals surface area contributed by atoms with Crippen molar-refractivity contribution in [3.63, 3.8) is 0 Å². The van der Waals surface area contributed by atoms with E-state index in [1.165, 1.54) is 24.0 Å². The highest BCUT2D eigenvalue weighted by atomic mass is 16.2. The zero-order valence-electron chi connectivity index (χ0n) is 13.9. The molecule has 5 heteroatoms. The first-order valence-corrected chi connectivity index (χ1v) is 8.60. The maximum absolute atomic E-state index is 12.5. The largest absolute Gasteiger partial charge is 0.372 e. The Morgan fingerprint density at radius 3 is 2.70 bits per heavy atom. The van der Waals surface area contributed by atoms with Crippen molar-refractivity contribution >= 4 is 23.2 Å². The highest BCUT2D eigenvalue weighted by Crippen LogP contribution is 2.36. The molecule has 1 atom stereocenters. The van der Waals surface area contributed by atoms with Gasteiger partial charge >= 0.3 is 0 Å². The molecular weight excluding hydrogens is 290 g/mol. The van der Waals surface area contributed by atoms with Crippen LogP contribution in [-0.2, 0) is 22.4 Å². The van der Waals surface area contributed by atoms with E-state index >= 15 is 0 Å². The van der Waals surface area contributed by atoms with Crippen molar-refractivity contribution in [2.24, 2.45) is 0 Å². The van der Waals surface area contributed by atoms with E-state index in [0.29, 0.717) is 6.54 Å². The van der Waals surface area contributed by atoms with Crippen LogP contribution in [0.1, 0.15) is 44.2 Å². The number of nitrogens with zero attached hydrogens (tertiary/aromatic N) is 1. The summed E-state index contributed by atoms with van der Waals surface area (Å²) in [5.74, 6) is -0.141. The minimum absolute atomic E-state index is 0.0418. The molecule has 124 valence electrons. The molecule has 0 spiro atoms. The number of benzene rings is 1. The van der Waals surface area contributed by atoms with Gasteiger partial charge in [-0.1, -0.05) is 6.92 Å². The lowest BCUT2D eigenvalue weighted by Crippen LogP contribution is -2.49. The lowest BCUT2D eigenvalue weighted by atomic mass is 9.90. The maximum Gasteiger partial charge on any atom is 0.249 e. The van der Waals surface area contributed by atoms with Crippen LogP contribution in [0, 0.1) is 0 Å². The van der Waals surface area contributed by atoms with Crippen molar-refractivity contribution in [1.29, 1.82) is 0 Å². The van der Waals surface area contributed by atoms with Crippen LogP contribution >= 0.6 is 0 Å². The summed E-state index contributed by atoms with van der Waals surface area (Å²) < 4.78 is 0. The first-order valence-electron chi connectivity index (χ1n) is 8.60. The second-order valence-corrected chi connectivity index (χ2v) is 6.49. The zero-order chi connectivity index (χ0) is 16.4.